The van der Waals surface area contributed by atoms with Crippen molar-refractivity contribution in [1.29, 1.82) is 0 Å². The first-order chi connectivity index (χ1) is 7.66. The van der Waals surface area contributed by atoms with E-state index in [4.69, 9.17) is 4.74 Å². The Morgan fingerprint density at radius 1 is 1.31 bits per heavy atom. The summed E-state index contributed by atoms with van der Waals surface area (Å²) in [5.74, 6) is 1.14. The molecule has 2 fully saturated rings. The standard InChI is InChI=1S/C13H24O2S/c1-9(8-11-3-2-6-15-11)7-10-4-5-12(16)13(10)14/h9-14,16H,2-8H2,1H3/t9?,10?,11-,12-,13-/m0/s1. The SMILES string of the molecule is CC(CC1CC[C@H](S)[C@H]1O)C[C@@H]1CCCO1. The van der Waals surface area contributed by atoms with E-state index in [1.54, 1.807) is 0 Å². The third kappa shape index (κ3) is 3.14. The van der Waals surface area contributed by atoms with Crippen LogP contribution in [0.2, 0.25) is 0 Å². The van der Waals surface area contributed by atoms with Crippen molar-refractivity contribution in [2.24, 2.45) is 11.8 Å². The van der Waals surface area contributed by atoms with Gasteiger partial charge in [0.05, 0.1) is 12.2 Å². The highest BCUT2D eigenvalue weighted by Crippen LogP contribution is 2.35. The van der Waals surface area contributed by atoms with E-state index in [-0.39, 0.29) is 11.4 Å². The minimum Gasteiger partial charge on any atom is -0.392 e. The fourth-order valence-corrected chi connectivity index (χ4v) is 3.58. The van der Waals surface area contributed by atoms with E-state index >= 15 is 0 Å². The average molecular weight is 244 g/mol. The van der Waals surface area contributed by atoms with Gasteiger partial charge in [0, 0.05) is 11.9 Å². The van der Waals surface area contributed by atoms with Gasteiger partial charge in [-0.15, -0.1) is 0 Å². The largest absolute Gasteiger partial charge is 0.392 e. The van der Waals surface area contributed by atoms with Gasteiger partial charge in [-0.3, -0.25) is 0 Å². The molecule has 5 atom stereocenters. The van der Waals surface area contributed by atoms with Gasteiger partial charge >= 0.3 is 0 Å². The Kier molecular flexibility index (Phi) is 4.57. The van der Waals surface area contributed by atoms with Crippen LogP contribution >= 0.6 is 12.6 Å². The third-order valence-electron chi connectivity index (χ3n) is 4.10. The van der Waals surface area contributed by atoms with Crippen molar-refractivity contribution in [1.82, 2.24) is 0 Å². The van der Waals surface area contributed by atoms with Crippen LogP contribution in [0.25, 0.3) is 0 Å². The van der Waals surface area contributed by atoms with Gasteiger partial charge in [-0.25, -0.2) is 0 Å². The molecule has 2 aliphatic rings. The van der Waals surface area contributed by atoms with Crippen LogP contribution in [0.3, 0.4) is 0 Å². The molecule has 3 heteroatoms. The molecule has 1 saturated heterocycles. The van der Waals surface area contributed by atoms with Crippen molar-refractivity contribution >= 4 is 12.6 Å². The Morgan fingerprint density at radius 3 is 2.69 bits per heavy atom. The maximum Gasteiger partial charge on any atom is 0.0684 e. The maximum absolute atomic E-state index is 9.96. The fraction of sp³-hybridized carbons (Fsp3) is 1.00. The molecule has 0 bridgehead atoms. The second-order valence-electron chi connectivity index (χ2n) is 5.61. The van der Waals surface area contributed by atoms with Crippen molar-refractivity contribution in [3.63, 3.8) is 0 Å². The molecule has 2 nitrogen and oxygen atoms in total. The lowest BCUT2D eigenvalue weighted by molar-refractivity contribution is 0.0778. The first-order valence-corrected chi connectivity index (χ1v) is 7.16. The third-order valence-corrected chi connectivity index (χ3v) is 4.67. The zero-order valence-electron chi connectivity index (χ0n) is 10.1. The van der Waals surface area contributed by atoms with Gasteiger partial charge in [0.2, 0.25) is 0 Å². The van der Waals surface area contributed by atoms with Crippen molar-refractivity contribution in [3.05, 3.63) is 0 Å². The summed E-state index contributed by atoms with van der Waals surface area (Å²) >= 11 is 4.41. The molecule has 2 unspecified atom stereocenters. The number of aliphatic hydroxyl groups is 1. The fourth-order valence-electron chi connectivity index (χ4n) is 3.19. The lowest BCUT2D eigenvalue weighted by atomic mass is 9.89. The van der Waals surface area contributed by atoms with Crippen molar-refractivity contribution in [2.45, 2.75) is 62.9 Å². The van der Waals surface area contributed by atoms with E-state index in [0.717, 1.165) is 25.9 Å². The second-order valence-corrected chi connectivity index (χ2v) is 6.27. The van der Waals surface area contributed by atoms with Crippen LogP contribution in [0.15, 0.2) is 0 Å². The van der Waals surface area contributed by atoms with Gasteiger partial charge in [0.25, 0.3) is 0 Å². The molecular weight excluding hydrogens is 220 g/mol. The zero-order valence-corrected chi connectivity index (χ0v) is 11.0. The number of hydrogen-bond acceptors (Lipinski definition) is 3. The lowest BCUT2D eigenvalue weighted by Crippen LogP contribution is -2.23. The van der Waals surface area contributed by atoms with E-state index in [9.17, 15) is 5.11 Å². The number of hydrogen-bond donors (Lipinski definition) is 2. The highest BCUT2D eigenvalue weighted by atomic mass is 32.1. The highest BCUT2D eigenvalue weighted by Gasteiger charge is 2.33. The van der Waals surface area contributed by atoms with Crippen LogP contribution in [0.5, 0.6) is 0 Å². The summed E-state index contributed by atoms with van der Waals surface area (Å²) in [4.78, 5) is 0. The first-order valence-electron chi connectivity index (χ1n) is 6.64. The van der Waals surface area contributed by atoms with Crippen LogP contribution in [-0.2, 0) is 4.74 Å². The van der Waals surface area contributed by atoms with E-state index in [1.807, 2.05) is 0 Å². The van der Waals surface area contributed by atoms with Gasteiger partial charge in [0.1, 0.15) is 0 Å². The van der Waals surface area contributed by atoms with E-state index in [1.165, 1.54) is 19.3 Å². The molecule has 0 spiro atoms. The van der Waals surface area contributed by atoms with Gasteiger partial charge in [-0.1, -0.05) is 6.92 Å². The first kappa shape index (κ1) is 12.7. The molecule has 1 N–H and O–H groups in total. The molecule has 94 valence electrons. The summed E-state index contributed by atoms with van der Waals surface area (Å²) in [6, 6.07) is 0. The van der Waals surface area contributed by atoms with E-state index in [2.05, 4.69) is 19.6 Å². The molecule has 0 amide bonds. The molecule has 0 radical (unpaired) electrons. The number of aliphatic hydroxyl groups excluding tert-OH is 1. The van der Waals surface area contributed by atoms with Crippen LogP contribution < -0.4 is 0 Å². The summed E-state index contributed by atoms with van der Waals surface area (Å²) in [5.41, 5.74) is 0. The number of rotatable bonds is 4. The van der Waals surface area contributed by atoms with Crippen molar-refractivity contribution in [3.8, 4) is 0 Å². The predicted molar refractivity (Wildman–Crippen MR) is 68.9 cm³/mol. The number of ether oxygens (including phenoxy) is 1. The smallest absolute Gasteiger partial charge is 0.0684 e. The van der Waals surface area contributed by atoms with Gasteiger partial charge in [-0.2, -0.15) is 12.6 Å². The minimum atomic E-state index is -0.185. The molecule has 0 aromatic rings. The molecule has 1 aliphatic carbocycles. The quantitative estimate of drug-likeness (QED) is 0.745. The Morgan fingerprint density at radius 2 is 2.12 bits per heavy atom. The van der Waals surface area contributed by atoms with Crippen LogP contribution in [0.1, 0.15) is 45.4 Å². The lowest BCUT2D eigenvalue weighted by Gasteiger charge is -2.22. The topological polar surface area (TPSA) is 29.5 Å². The molecular formula is C13H24O2S. The monoisotopic (exact) mass is 244 g/mol. The summed E-state index contributed by atoms with van der Waals surface area (Å²) in [6.07, 6.45) is 7.27. The second kappa shape index (κ2) is 5.74. The Labute approximate surface area is 104 Å². The highest BCUT2D eigenvalue weighted by molar-refractivity contribution is 7.81. The molecule has 2 rings (SSSR count). The number of thiol groups is 1. The van der Waals surface area contributed by atoms with Crippen LogP contribution in [0.4, 0.5) is 0 Å². The molecule has 0 aromatic heterocycles. The average Bonchev–Trinajstić information content (AvgIpc) is 2.83. The summed E-state index contributed by atoms with van der Waals surface area (Å²) in [7, 11) is 0. The van der Waals surface area contributed by atoms with Crippen molar-refractivity contribution in [2.75, 3.05) is 6.61 Å². The summed E-state index contributed by atoms with van der Waals surface area (Å²) in [5, 5.41) is 10.2. The van der Waals surface area contributed by atoms with Gasteiger partial charge in [0.15, 0.2) is 0 Å². The van der Waals surface area contributed by atoms with E-state index < -0.39 is 0 Å². The van der Waals surface area contributed by atoms with Crippen LogP contribution in [-0.4, -0.2) is 29.2 Å². The zero-order chi connectivity index (χ0) is 11.5. The summed E-state index contributed by atoms with van der Waals surface area (Å²) < 4.78 is 5.66. The molecule has 1 heterocycles. The van der Waals surface area contributed by atoms with Gasteiger partial charge < -0.3 is 9.84 Å². The minimum absolute atomic E-state index is 0.185. The maximum atomic E-state index is 9.96. The predicted octanol–water partition coefficient (Wildman–Crippen LogP) is 2.65. The van der Waals surface area contributed by atoms with Gasteiger partial charge in [-0.05, 0) is 50.4 Å². The van der Waals surface area contributed by atoms with Crippen molar-refractivity contribution < 1.29 is 9.84 Å². The Balaban J connectivity index is 1.72. The molecule has 16 heavy (non-hydrogen) atoms. The molecule has 1 aliphatic heterocycles. The Hall–Kier alpha value is 0.270. The molecule has 1 saturated carbocycles. The Bertz CT molecular complexity index is 216. The van der Waals surface area contributed by atoms with E-state index in [0.29, 0.717) is 17.9 Å². The summed E-state index contributed by atoms with van der Waals surface area (Å²) in [6.45, 7) is 3.24. The normalized spacial score (nSPS) is 41.4. The van der Waals surface area contributed by atoms with Crippen LogP contribution in [0, 0.1) is 11.8 Å². The molecule has 0 aromatic carbocycles.